The Hall–Kier alpha value is -1.42. The summed E-state index contributed by atoms with van der Waals surface area (Å²) >= 11 is 3.17. The lowest BCUT2D eigenvalue weighted by Gasteiger charge is -2.08. The Labute approximate surface area is 113 Å². The van der Waals surface area contributed by atoms with E-state index in [2.05, 4.69) is 15.9 Å². The Balaban J connectivity index is 1.95. The van der Waals surface area contributed by atoms with Gasteiger partial charge in [-0.1, -0.05) is 34.1 Å². The van der Waals surface area contributed by atoms with Crippen molar-refractivity contribution >= 4 is 15.9 Å². The summed E-state index contributed by atoms with van der Waals surface area (Å²) in [5.74, 6) is -0.523. The molecular weight excluding hydrogens is 302 g/mol. The van der Waals surface area contributed by atoms with Crippen LogP contribution in [0.1, 0.15) is 5.56 Å². The largest absolute Gasteiger partial charge is 0.490 e. The molecule has 0 saturated carbocycles. The lowest BCUT2D eigenvalue weighted by molar-refractivity contribution is 0.303. The van der Waals surface area contributed by atoms with Gasteiger partial charge < -0.3 is 4.74 Å². The van der Waals surface area contributed by atoms with Gasteiger partial charge in [0.1, 0.15) is 5.82 Å². The van der Waals surface area contributed by atoms with E-state index in [0.717, 1.165) is 0 Å². The quantitative estimate of drug-likeness (QED) is 0.815. The van der Waals surface area contributed by atoms with Gasteiger partial charge in [-0.3, -0.25) is 0 Å². The second kappa shape index (κ2) is 5.96. The number of ether oxygens (including phenoxy) is 1. The predicted octanol–water partition coefficient (Wildman–Crippen LogP) is 4.35. The standard InChI is InChI=1S/C14H11BrF2O/c15-11-5-6-14(13(17)9-11)18-8-7-10-3-1-2-4-12(10)16/h1-6,9H,7-8H2. The van der Waals surface area contributed by atoms with Crippen LogP contribution in [0.15, 0.2) is 46.9 Å². The smallest absolute Gasteiger partial charge is 0.166 e. The van der Waals surface area contributed by atoms with Crippen LogP contribution in [0.25, 0.3) is 0 Å². The van der Waals surface area contributed by atoms with Gasteiger partial charge in [0.2, 0.25) is 0 Å². The van der Waals surface area contributed by atoms with E-state index in [4.69, 9.17) is 4.74 Å². The Morgan fingerprint density at radius 3 is 2.50 bits per heavy atom. The monoisotopic (exact) mass is 312 g/mol. The van der Waals surface area contributed by atoms with E-state index in [1.807, 2.05) is 0 Å². The van der Waals surface area contributed by atoms with Crippen LogP contribution in [0.4, 0.5) is 8.78 Å². The number of hydrogen-bond donors (Lipinski definition) is 0. The van der Waals surface area contributed by atoms with Crippen molar-refractivity contribution in [3.63, 3.8) is 0 Å². The minimum atomic E-state index is -0.432. The Bertz CT molecular complexity index is 543. The first kappa shape index (κ1) is 13.0. The molecular formula is C14H11BrF2O. The maximum atomic E-state index is 13.4. The Morgan fingerprint density at radius 2 is 1.78 bits per heavy atom. The number of benzene rings is 2. The molecule has 0 bridgehead atoms. The summed E-state index contributed by atoms with van der Waals surface area (Å²) in [6, 6.07) is 11.1. The second-order valence-electron chi connectivity index (χ2n) is 3.76. The highest BCUT2D eigenvalue weighted by Gasteiger charge is 2.05. The summed E-state index contributed by atoms with van der Waals surface area (Å²) in [7, 11) is 0. The van der Waals surface area contributed by atoms with E-state index in [9.17, 15) is 8.78 Å². The maximum absolute atomic E-state index is 13.4. The van der Waals surface area contributed by atoms with E-state index in [0.29, 0.717) is 16.5 Å². The highest BCUT2D eigenvalue weighted by Crippen LogP contribution is 2.21. The van der Waals surface area contributed by atoms with Crippen LogP contribution in [-0.2, 0) is 6.42 Å². The van der Waals surface area contributed by atoms with E-state index < -0.39 is 5.82 Å². The SMILES string of the molecule is Fc1ccccc1CCOc1ccc(Br)cc1F. The zero-order valence-corrected chi connectivity index (χ0v) is 11.1. The van der Waals surface area contributed by atoms with E-state index >= 15 is 0 Å². The third-order valence-corrected chi connectivity index (χ3v) is 2.97. The summed E-state index contributed by atoms with van der Waals surface area (Å²) < 4.78 is 32.7. The molecule has 0 N–H and O–H groups in total. The molecule has 4 heteroatoms. The van der Waals surface area contributed by atoms with Crippen LogP contribution in [0.5, 0.6) is 5.75 Å². The fourth-order valence-electron chi connectivity index (χ4n) is 1.56. The Morgan fingerprint density at radius 1 is 1.00 bits per heavy atom. The average Bonchev–Trinajstić information content (AvgIpc) is 2.34. The van der Waals surface area contributed by atoms with Gasteiger partial charge in [-0.2, -0.15) is 0 Å². The number of hydrogen-bond acceptors (Lipinski definition) is 1. The molecule has 18 heavy (non-hydrogen) atoms. The van der Waals surface area contributed by atoms with Crippen molar-refractivity contribution in [1.29, 1.82) is 0 Å². The lowest BCUT2D eigenvalue weighted by atomic mass is 10.1. The molecule has 0 radical (unpaired) electrons. The summed E-state index contributed by atoms with van der Waals surface area (Å²) in [5.41, 5.74) is 0.565. The van der Waals surface area contributed by atoms with Crippen LogP contribution in [-0.4, -0.2) is 6.61 Å². The summed E-state index contributed by atoms with van der Waals surface area (Å²) in [6.07, 6.45) is 0.405. The Kier molecular flexibility index (Phi) is 4.31. The minimum Gasteiger partial charge on any atom is -0.490 e. The van der Waals surface area contributed by atoms with Gasteiger partial charge >= 0.3 is 0 Å². The molecule has 0 amide bonds. The molecule has 0 unspecified atom stereocenters. The van der Waals surface area contributed by atoms with E-state index in [1.54, 1.807) is 30.3 Å². The number of rotatable bonds is 4. The molecule has 0 aromatic heterocycles. The van der Waals surface area contributed by atoms with Gasteiger partial charge in [0.15, 0.2) is 11.6 Å². The molecule has 1 nitrogen and oxygen atoms in total. The van der Waals surface area contributed by atoms with Gasteiger partial charge in [0.25, 0.3) is 0 Å². The second-order valence-corrected chi connectivity index (χ2v) is 4.68. The van der Waals surface area contributed by atoms with Crippen molar-refractivity contribution in [3.8, 4) is 5.75 Å². The highest BCUT2D eigenvalue weighted by molar-refractivity contribution is 9.10. The first-order chi connectivity index (χ1) is 8.66. The van der Waals surface area contributed by atoms with Crippen LogP contribution < -0.4 is 4.74 Å². The topological polar surface area (TPSA) is 9.23 Å². The molecule has 94 valence electrons. The number of halogens is 3. The predicted molar refractivity (Wildman–Crippen MR) is 69.7 cm³/mol. The molecule has 0 aliphatic rings. The first-order valence-corrected chi connectivity index (χ1v) is 6.27. The summed E-state index contributed by atoms with van der Waals surface area (Å²) in [4.78, 5) is 0. The normalized spacial score (nSPS) is 10.4. The summed E-state index contributed by atoms with van der Waals surface area (Å²) in [5, 5.41) is 0. The molecule has 0 fully saturated rings. The van der Waals surface area contributed by atoms with Gasteiger partial charge in [0, 0.05) is 10.9 Å². The third kappa shape index (κ3) is 3.29. The highest BCUT2D eigenvalue weighted by atomic mass is 79.9. The van der Waals surface area contributed by atoms with Crippen molar-refractivity contribution in [3.05, 3.63) is 64.1 Å². The van der Waals surface area contributed by atoms with E-state index in [-0.39, 0.29) is 18.2 Å². The van der Waals surface area contributed by atoms with E-state index in [1.165, 1.54) is 12.1 Å². The first-order valence-electron chi connectivity index (χ1n) is 5.48. The zero-order valence-electron chi connectivity index (χ0n) is 9.50. The molecule has 2 aromatic carbocycles. The minimum absolute atomic E-state index is 0.175. The van der Waals surface area contributed by atoms with Gasteiger partial charge in [0.05, 0.1) is 6.61 Å². The average molecular weight is 313 g/mol. The molecule has 0 spiro atoms. The lowest BCUT2D eigenvalue weighted by Crippen LogP contribution is -2.04. The van der Waals surface area contributed by atoms with Crippen LogP contribution in [0.3, 0.4) is 0 Å². The van der Waals surface area contributed by atoms with Crippen molar-refractivity contribution in [2.75, 3.05) is 6.61 Å². The van der Waals surface area contributed by atoms with Crippen molar-refractivity contribution in [2.45, 2.75) is 6.42 Å². The maximum Gasteiger partial charge on any atom is 0.166 e. The van der Waals surface area contributed by atoms with Gasteiger partial charge in [-0.25, -0.2) is 8.78 Å². The van der Waals surface area contributed by atoms with Gasteiger partial charge in [-0.05, 0) is 29.8 Å². The van der Waals surface area contributed by atoms with Crippen molar-refractivity contribution in [2.24, 2.45) is 0 Å². The van der Waals surface area contributed by atoms with Crippen molar-refractivity contribution in [1.82, 2.24) is 0 Å². The molecule has 0 aliphatic heterocycles. The van der Waals surface area contributed by atoms with Gasteiger partial charge in [-0.15, -0.1) is 0 Å². The molecule has 0 atom stereocenters. The molecule has 0 aliphatic carbocycles. The fraction of sp³-hybridized carbons (Fsp3) is 0.143. The zero-order chi connectivity index (χ0) is 13.0. The van der Waals surface area contributed by atoms with Crippen LogP contribution in [0.2, 0.25) is 0 Å². The van der Waals surface area contributed by atoms with Crippen LogP contribution >= 0.6 is 15.9 Å². The molecule has 2 rings (SSSR count). The van der Waals surface area contributed by atoms with Crippen LogP contribution in [0, 0.1) is 11.6 Å². The van der Waals surface area contributed by atoms with Crippen molar-refractivity contribution < 1.29 is 13.5 Å². The third-order valence-electron chi connectivity index (χ3n) is 2.48. The molecule has 0 heterocycles. The summed E-state index contributed by atoms with van der Waals surface area (Å²) in [6.45, 7) is 0.236. The molecule has 0 saturated heterocycles. The molecule has 2 aromatic rings. The fourth-order valence-corrected chi connectivity index (χ4v) is 1.90.